The van der Waals surface area contributed by atoms with Crippen molar-refractivity contribution in [3.63, 3.8) is 0 Å². The predicted octanol–water partition coefficient (Wildman–Crippen LogP) is 3.19. The molecular weight excluding hydrogens is 278 g/mol. The quantitative estimate of drug-likeness (QED) is 0.821. The van der Waals surface area contributed by atoms with E-state index in [0.29, 0.717) is 18.1 Å². The van der Waals surface area contributed by atoms with Crippen molar-refractivity contribution in [3.05, 3.63) is 35.9 Å². The minimum atomic E-state index is 0.0298. The van der Waals surface area contributed by atoms with Crippen LogP contribution < -0.4 is 10.1 Å². The maximum Gasteiger partial charge on any atom is 0.224 e. The molecule has 0 bridgehead atoms. The first-order chi connectivity index (χ1) is 10.6. The van der Waals surface area contributed by atoms with Gasteiger partial charge in [0, 0.05) is 6.04 Å². The molecule has 1 fully saturated rings. The molecule has 1 amide bonds. The van der Waals surface area contributed by atoms with Crippen LogP contribution >= 0.6 is 0 Å². The monoisotopic (exact) mass is 303 g/mol. The molecule has 1 aromatic carbocycles. The van der Waals surface area contributed by atoms with Crippen LogP contribution in [0.3, 0.4) is 0 Å². The van der Waals surface area contributed by atoms with Gasteiger partial charge in [-0.25, -0.2) is 0 Å². The standard InChI is InChI=1S/C18H25NO3/c1-3-4-13-5-8-15(9-6-13)19-18(21)12-14-7-10-16(20)17(11-14)22-2/h3-4,7,10-11,13,15,20H,5-6,8-9,12H2,1-2H3,(H,19,21)/b4-3-/t13-,15-. The van der Waals surface area contributed by atoms with E-state index in [-0.39, 0.29) is 17.7 Å². The number of benzene rings is 1. The Morgan fingerprint density at radius 2 is 2.09 bits per heavy atom. The molecule has 0 atom stereocenters. The number of allylic oxidation sites excluding steroid dienone is 2. The number of aromatic hydroxyl groups is 1. The van der Waals surface area contributed by atoms with Gasteiger partial charge in [0.25, 0.3) is 0 Å². The fraction of sp³-hybridized carbons (Fsp3) is 0.500. The van der Waals surface area contributed by atoms with Gasteiger partial charge in [0.05, 0.1) is 13.5 Å². The summed E-state index contributed by atoms with van der Waals surface area (Å²) in [5.41, 5.74) is 0.842. The summed E-state index contributed by atoms with van der Waals surface area (Å²) in [4.78, 5) is 12.1. The summed E-state index contributed by atoms with van der Waals surface area (Å²) in [6.07, 6.45) is 9.05. The number of phenols is 1. The Hall–Kier alpha value is -1.97. The molecule has 22 heavy (non-hydrogen) atoms. The van der Waals surface area contributed by atoms with E-state index in [1.165, 1.54) is 7.11 Å². The molecule has 1 aliphatic carbocycles. The first kappa shape index (κ1) is 16.4. The van der Waals surface area contributed by atoms with Gasteiger partial charge in [0.2, 0.25) is 5.91 Å². The number of methoxy groups -OCH3 is 1. The van der Waals surface area contributed by atoms with Crippen molar-refractivity contribution in [1.82, 2.24) is 5.32 Å². The van der Waals surface area contributed by atoms with E-state index in [4.69, 9.17) is 4.74 Å². The van der Waals surface area contributed by atoms with Crippen LogP contribution in [0.5, 0.6) is 11.5 Å². The highest BCUT2D eigenvalue weighted by Crippen LogP contribution is 2.27. The highest BCUT2D eigenvalue weighted by molar-refractivity contribution is 5.79. The molecule has 0 unspecified atom stereocenters. The zero-order valence-corrected chi connectivity index (χ0v) is 13.3. The van der Waals surface area contributed by atoms with Crippen molar-refractivity contribution in [2.75, 3.05) is 7.11 Å². The summed E-state index contributed by atoms with van der Waals surface area (Å²) in [6, 6.07) is 5.30. The summed E-state index contributed by atoms with van der Waals surface area (Å²) in [5, 5.41) is 12.7. The summed E-state index contributed by atoms with van der Waals surface area (Å²) in [7, 11) is 1.50. The second kappa shape index (κ2) is 7.87. The molecule has 2 rings (SSSR count). The van der Waals surface area contributed by atoms with Crippen molar-refractivity contribution in [1.29, 1.82) is 0 Å². The van der Waals surface area contributed by atoms with Crippen molar-refractivity contribution in [2.45, 2.75) is 45.1 Å². The minimum Gasteiger partial charge on any atom is -0.504 e. The fourth-order valence-electron chi connectivity index (χ4n) is 3.02. The lowest BCUT2D eigenvalue weighted by molar-refractivity contribution is -0.121. The average molecular weight is 303 g/mol. The normalized spacial score (nSPS) is 21.7. The molecule has 120 valence electrons. The predicted molar refractivity (Wildman–Crippen MR) is 87.1 cm³/mol. The van der Waals surface area contributed by atoms with Gasteiger partial charge >= 0.3 is 0 Å². The van der Waals surface area contributed by atoms with Crippen LogP contribution in [0.4, 0.5) is 0 Å². The van der Waals surface area contributed by atoms with Crippen molar-refractivity contribution < 1.29 is 14.6 Å². The summed E-state index contributed by atoms with van der Waals surface area (Å²) in [5.74, 6) is 1.19. The van der Waals surface area contributed by atoms with Crippen LogP contribution in [0.2, 0.25) is 0 Å². The first-order valence-electron chi connectivity index (χ1n) is 7.90. The maximum absolute atomic E-state index is 12.1. The molecule has 0 heterocycles. The molecule has 4 nitrogen and oxygen atoms in total. The lowest BCUT2D eigenvalue weighted by Gasteiger charge is -2.27. The number of hydrogen-bond donors (Lipinski definition) is 2. The van der Waals surface area contributed by atoms with Crippen LogP contribution in [-0.4, -0.2) is 24.2 Å². The Labute approximate surface area is 132 Å². The zero-order valence-electron chi connectivity index (χ0n) is 13.3. The van der Waals surface area contributed by atoms with Gasteiger partial charge in [0.15, 0.2) is 11.5 Å². The maximum atomic E-state index is 12.1. The number of rotatable bonds is 5. The third-order valence-corrected chi connectivity index (χ3v) is 4.21. The minimum absolute atomic E-state index is 0.0298. The van der Waals surface area contributed by atoms with Gasteiger partial charge < -0.3 is 15.2 Å². The molecular formula is C18H25NO3. The molecule has 0 aliphatic heterocycles. The van der Waals surface area contributed by atoms with Crippen LogP contribution in [0.25, 0.3) is 0 Å². The molecule has 0 aromatic heterocycles. The summed E-state index contributed by atoms with van der Waals surface area (Å²) >= 11 is 0. The van der Waals surface area contributed by atoms with Gasteiger partial charge in [-0.3, -0.25) is 4.79 Å². The molecule has 0 spiro atoms. The highest BCUT2D eigenvalue weighted by atomic mass is 16.5. The SMILES string of the molecule is C/C=C\[C@H]1CC[C@H](NC(=O)Cc2ccc(O)c(OC)c2)CC1. The lowest BCUT2D eigenvalue weighted by Crippen LogP contribution is -2.38. The van der Waals surface area contributed by atoms with Crippen LogP contribution in [0.15, 0.2) is 30.4 Å². The second-order valence-corrected chi connectivity index (χ2v) is 5.89. The molecule has 1 aromatic rings. The Morgan fingerprint density at radius 1 is 1.36 bits per heavy atom. The van der Waals surface area contributed by atoms with E-state index in [0.717, 1.165) is 31.2 Å². The van der Waals surface area contributed by atoms with E-state index in [9.17, 15) is 9.90 Å². The third-order valence-electron chi connectivity index (χ3n) is 4.21. The smallest absolute Gasteiger partial charge is 0.224 e. The number of phenolic OH excluding ortho intramolecular Hbond substituents is 1. The fourth-order valence-corrected chi connectivity index (χ4v) is 3.02. The van der Waals surface area contributed by atoms with Gasteiger partial charge in [0.1, 0.15) is 0 Å². The van der Waals surface area contributed by atoms with E-state index >= 15 is 0 Å². The number of carbonyl (C=O) groups excluding carboxylic acids is 1. The second-order valence-electron chi connectivity index (χ2n) is 5.89. The Morgan fingerprint density at radius 3 is 2.73 bits per heavy atom. The number of ether oxygens (including phenoxy) is 1. The molecule has 2 N–H and O–H groups in total. The average Bonchev–Trinajstić information content (AvgIpc) is 2.51. The molecule has 0 saturated heterocycles. The highest BCUT2D eigenvalue weighted by Gasteiger charge is 2.20. The van der Waals surface area contributed by atoms with Crippen molar-refractivity contribution in [2.24, 2.45) is 5.92 Å². The molecule has 0 radical (unpaired) electrons. The van der Waals surface area contributed by atoms with Gasteiger partial charge in [-0.2, -0.15) is 0 Å². The van der Waals surface area contributed by atoms with E-state index in [2.05, 4.69) is 24.4 Å². The number of nitrogens with one attached hydrogen (secondary N) is 1. The molecule has 1 aliphatic rings. The Balaban J connectivity index is 1.83. The number of amides is 1. The number of hydrogen-bond acceptors (Lipinski definition) is 3. The van der Waals surface area contributed by atoms with Gasteiger partial charge in [-0.05, 0) is 56.2 Å². The Kier molecular flexibility index (Phi) is 5.87. The van der Waals surface area contributed by atoms with Crippen molar-refractivity contribution in [3.8, 4) is 11.5 Å². The molecule has 1 saturated carbocycles. The largest absolute Gasteiger partial charge is 0.504 e. The molecule has 4 heteroatoms. The Bertz CT molecular complexity index is 531. The van der Waals surface area contributed by atoms with Crippen LogP contribution in [-0.2, 0) is 11.2 Å². The van der Waals surface area contributed by atoms with E-state index in [1.54, 1.807) is 18.2 Å². The topological polar surface area (TPSA) is 58.6 Å². The van der Waals surface area contributed by atoms with Gasteiger partial charge in [-0.1, -0.05) is 18.2 Å². The summed E-state index contributed by atoms with van der Waals surface area (Å²) in [6.45, 7) is 2.06. The first-order valence-corrected chi connectivity index (χ1v) is 7.90. The number of carbonyl (C=O) groups is 1. The van der Waals surface area contributed by atoms with Crippen LogP contribution in [0, 0.1) is 5.92 Å². The third kappa shape index (κ3) is 4.52. The van der Waals surface area contributed by atoms with Gasteiger partial charge in [-0.15, -0.1) is 0 Å². The lowest BCUT2D eigenvalue weighted by atomic mass is 9.86. The summed E-state index contributed by atoms with van der Waals surface area (Å²) < 4.78 is 5.06. The van der Waals surface area contributed by atoms with Crippen LogP contribution in [0.1, 0.15) is 38.2 Å². The van der Waals surface area contributed by atoms with Crippen molar-refractivity contribution >= 4 is 5.91 Å². The zero-order chi connectivity index (χ0) is 15.9. The van der Waals surface area contributed by atoms with E-state index in [1.807, 2.05) is 0 Å². The van der Waals surface area contributed by atoms with E-state index < -0.39 is 0 Å².